The van der Waals surface area contributed by atoms with Gasteiger partial charge in [-0.3, -0.25) is 0 Å². The second-order valence-corrected chi connectivity index (χ2v) is 6.36. The molecule has 1 atom stereocenters. The van der Waals surface area contributed by atoms with Crippen molar-refractivity contribution < 1.29 is 19.4 Å². The minimum absolute atomic E-state index is 0.0967. The quantitative estimate of drug-likeness (QED) is 0.876. The summed E-state index contributed by atoms with van der Waals surface area (Å²) in [6, 6.07) is 6.68. The van der Waals surface area contributed by atoms with Gasteiger partial charge in [-0.15, -0.1) is 0 Å². The molecule has 2 rings (SSSR count). The lowest BCUT2D eigenvalue weighted by Crippen LogP contribution is -2.49. The minimum atomic E-state index is -0.957. The Morgan fingerprint density at radius 3 is 2.73 bits per heavy atom. The van der Waals surface area contributed by atoms with Gasteiger partial charge >= 0.3 is 12.1 Å². The first kappa shape index (κ1) is 16.3. The molecule has 0 unspecified atom stereocenters. The van der Waals surface area contributed by atoms with Crippen LogP contribution in [-0.4, -0.2) is 47.3 Å². The second-order valence-electron chi connectivity index (χ2n) is 6.36. The third kappa shape index (κ3) is 4.21. The Morgan fingerprint density at radius 2 is 2.09 bits per heavy atom. The number of piperazine rings is 1. The largest absolute Gasteiger partial charge is 0.478 e. The molecule has 1 aliphatic heterocycles. The van der Waals surface area contributed by atoms with E-state index < -0.39 is 11.6 Å². The standard InChI is InChI=1S/C16H22N2O4/c1-16(2,3)22-15(21)18-8-7-17-13(10-18)11-5-4-6-12(9-11)14(19)20/h4-6,9,13,17H,7-8,10H2,1-3H3,(H,19,20)/t13-/m1/s1. The molecule has 1 fully saturated rings. The molecule has 0 radical (unpaired) electrons. The Bertz CT molecular complexity index is 566. The van der Waals surface area contributed by atoms with Gasteiger partial charge in [-0.05, 0) is 38.5 Å². The lowest BCUT2D eigenvalue weighted by atomic mass is 10.0. The first-order valence-corrected chi connectivity index (χ1v) is 7.31. The van der Waals surface area contributed by atoms with Crippen molar-refractivity contribution in [3.05, 3.63) is 35.4 Å². The van der Waals surface area contributed by atoms with E-state index in [-0.39, 0.29) is 17.7 Å². The number of carboxylic acid groups (broad SMARTS) is 1. The number of benzene rings is 1. The summed E-state index contributed by atoms with van der Waals surface area (Å²) in [4.78, 5) is 24.9. The van der Waals surface area contributed by atoms with E-state index in [4.69, 9.17) is 9.84 Å². The number of aromatic carboxylic acids is 1. The number of ether oxygens (including phenoxy) is 1. The van der Waals surface area contributed by atoms with E-state index in [0.29, 0.717) is 19.6 Å². The highest BCUT2D eigenvalue weighted by Gasteiger charge is 2.28. The van der Waals surface area contributed by atoms with Crippen LogP contribution in [0.4, 0.5) is 4.79 Å². The second kappa shape index (κ2) is 6.36. The third-order valence-electron chi connectivity index (χ3n) is 3.36. The summed E-state index contributed by atoms with van der Waals surface area (Å²) in [5.41, 5.74) is 0.572. The van der Waals surface area contributed by atoms with Gasteiger partial charge in [0.1, 0.15) is 5.60 Å². The van der Waals surface area contributed by atoms with Gasteiger partial charge in [0.2, 0.25) is 0 Å². The molecule has 1 amide bonds. The highest BCUT2D eigenvalue weighted by molar-refractivity contribution is 5.87. The molecule has 1 saturated heterocycles. The zero-order valence-electron chi connectivity index (χ0n) is 13.1. The maximum atomic E-state index is 12.1. The van der Waals surface area contributed by atoms with Gasteiger partial charge in [-0.1, -0.05) is 12.1 Å². The molecular weight excluding hydrogens is 284 g/mol. The van der Waals surface area contributed by atoms with Crippen molar-refractivity contribution in [3.8, 4) is 0 Å². The van der Waals surface area contributed by atoms with Crippen molar-refractivity contribution in [1.29, 1.82) is 0 Å². The average molecular weight is 306 g/mol. The van der Waals surface area contributed by atoms with Gasteiger partial charge in [0, 0.05) is 19.6 Å². The molecule has 1 aromatic rings. The number of carbonyl (C=O) groups is 2. The van der Waals surface area contributed by atoms with Gasteiger partial charge < -0.3 is 20.1 Å². The van der Waals surface area contributed by atoms with Crippen LogP contribution in [0.3, 0.4) is 0 Å². The molecule has 0 aromatic heterocycles. The van der Waals surface area contributed by atoms with E-state index in [1.54, 1.807) is 23.1 Å². The SMILES string of the molecule is CC(C)(C)OC(=O)N1CCN[C@@H](c2cccc(C(=O)O)c2)C1. The van der Waals surface area contributed by atoms with Crippen molar-refractivity contribution >= 4 is 12.1 Å². The molecule has 0 spiro atoms. The van der Waals surface area contributed by atoms with Crippen molar-refractivity contribution in [2.24, 2.45) is 0 Å². The Kier molecular flexibility index (Phi) is 4.71. The summed E-state index contributed by atoms with van der Waals surface area (Å²) in [7, 11) is 0. The number of carbonyl (C=O) groups excluding carboxylic acids is 1. The topological polar surface area (TPSA) is 78.9 Å². The molecular formula is C16H22N2O4. The average Bonchev–Trinajstić information content (AvgIpc) is 2.46. The van der Waals surface area contributed by atoms with E-state index in [1.807, 2.05) is 26.8 Å². The van der Waals surface area contributed by atoms with Crippen molar-refractivity contribution in [1.82, 2.24) is 10.2 Å². The van der Waals surface area contributed by atoms with Gasteiger partial charge in [-0.25, -0.2) is 9.59 Å². The molecule has 0 bridgehead atoms. The molecule has 6 nitrogen and oxygen atoms in total. The minimum Gasteiger partial charge on any atom is -0.478 e. The number of hydrogen-bond acceptors (Lipinski definition) is 4. The first-order chi connectivity index (χ1) is 10.3. The van der Waals surface area contributed by atoms with E-state index in [9.17, 15) is 9.59 Å². The van der Waals surface area contributed by atoms with Crippen LogP contribution in [0.1, 0.15) is 42.7 Å². The van der Waals surface area contributed by atoms with Crippen molar-refractivity contribution in [2.45, 2.75) is 32.4 Å². The number of carboxylic acids is 1. The van der Waals surface area contributed by atoms with E-state index >= 15 is 0 Å². The Morgan fingerprint density at radius 1 is 1.36 bits per heavy atom. The Balaban J connectivity index is 2.09. The summed E-state index contributed by atoms with van der Waals surface area (Å²) in [5.74, 6) is -0.957. The smallest absolute Gasteiger partial charge is 0.410 e. The maximum Gasteiger partial charge on any atom is 0.410 e. The zero-order chi connectivity index (χ0) is 16.3. The molecule has 0 saturated carbocycles. The summed E-state index contributed by atoms with van der Waals surface area (Å²) in [6.45, 7) is 7.17. The summed E-state index contributed by atoms with van der Waals surface area (Å²) in [5, 5.41) is 12.4. The van der Waals surface area contributed by atoms with Gasteiger partial charge in [0.05, 0.1) is 11.6 Å². The Hall–Kier alpha value is -2.08. The molecule has 6 heteroatoms. The maximum absolute atomic E-state index is 12.1. The fourth-order valence-corrected chi connectivity index (χ4v) is 2.35. The van der Waals surface area contributed by atoms with Crippen LogP contribution in [-0.2, 0) is 4.74 Å². The van der Waals surface area contributed by atoms with E-state index in [2.05, 4.69) is 5.32 Å². The van der Waals surface area contributed by atoms with Crippen LogP contribution < -0.4 is 5.32 Å². The van der Waals surface area contributed by atoms with Gasteiger partial charge in [-0.2, -0.15) is 0 Å². The predicted molar refractivity (Wildman–Crippen MR) is 82.0 cm³/mol. The number of nitrogens with zero attached hydrogens (tertiary/aromatic N) is 1. The van der Waals surface area contributed by atoms with E-state index in [1.165, 1.54) is 0 Å². The fourth-order valence-electron chi connectivity index (χ4n) is 2.35. The van der Waals surface area contributed by atoms with Crippen molar-refractivity contribution in [3.63, 3.8) is 0 Å². The molecule has 22 heavy (non-hydrogen) atoms. The Labute approximate surface area is 130 Å². The molecule has 1 heterocycles. The summed E-state index contributed by atoms with van der Waals surface area (Å²) >= 11 is 0. The number of hydrogen-bond donors (Lipinski definition) is 2. The number of nitrogens with one attached hydrogen (secondary N) is 1. The number of amides is 1. The van der Waals surface area contributed by atoms with Crippen LogP contribution >= 0.6 is 0 Å². The third-order valence-corrected chi connectivity index (χ3v) is 3.36. The molecule has 2 N–H and O–H groups in total. The van der Waals surface area contributed by atoms with Crippen LogP contribution in [0, 0.1) is 0 Å². The molecule has 120 valence electrons. The first-order valence-electron chi connectivity index (χ1n) is 7.31. The summed E-state index contributed by atoms with van der Waals surface area (Å²) in [6.07, 6.45) is -0.339. The zero-order valence-corrected chi connectivity index (χ0v) is 13.1. The molecule has 0 aliphatic carbocycles. The van der Waals surface area contributed by atoms with E-state index in [0.717, 1.165) is 5.56 Å². The predicted octanol–water partition coefficient (Wildman–Crippen LogP) is 2.27. The van der Waals surface area contributed by atoms with Crippen LogP contribution in [0.2, 0.25) is 0 Å². The van der Waals surface area contributed by atoms with Gasteiger partial charge in [0.15, 0.2) is 0 Å². The highest BCUT2D eigenvalue weighted by Crippen LogP contribution is 2.20. The van der Waals surface area contributed by atoms with Gasteiger partial charge in [0.25, 0.3) is 0 Å². The van der Waals surface area contributed by atoms with Crippen molar-refractivity contribution in [2.75, 3.05) is 19.6 Å². The normalized spacial score (nSPS) is 18.9. The lowest BCUT2D eigenvalue weighted by molar-refractivity contribution is 0.0194. The molecule has 1 aliphatic rings. The van der Waals surface area contributed by atoms with Crippen LogP contribution in [0.15, 0.2) is 24.3 Å². The van der Waals surface area contributed by atoms with Crippen LogP contribution in [0.25, 0.3) is 0 Å². The number of rotatable bonds is 2. The monoisotopic (exact) mass is 306 g/mol. The molecule has 1 aromatic carbocycles. The lowest BCUT2D eigenvalue weighted by Gasteiger charge is -2.35. The summed E-state index contributed by atoms with van der Waals surface area (Å²) < 4.78 is 5.39. The van der Waals surface area contributed by atoms with Crippen LogP contribution in [0.5, 0.6) is 0 Å². The highest BCUT2D eigenvalue weighted by atomic mass is 16.6. The fraction of sp³-hybridized carbons (Fsp3) is 0.500.